The van der Waals surface area contributed by atoms with Crippen LogP contribution in [0, 0.1) is 0 Å². The lowest BCUT2D eigenvalue weighted by Gasteiger charge is -2.07. The summed E-state index contributed by atoms with van der Waals surface area (Å²) in [4.78, 5) is 6.09. The predicted octanol–water partition coefficient (Wildman–Crippen LogP) is 5.57. The van der Waals surface area contributed by atoms with Crippen molar-refractivity contribution in [3.63, 3.8) is 0 Å². The van der Waals surface area contributed by atoms with Crippen molar-refractivity contribution in [3.05, 3.63) is 38.8 Å². The summed E-state index contributed by atoms with van der Waals surface area (Å²) in [5.74, 6) is 0. The SMILES string of the molecule is CCCc1nc(-c2cc(Cl)cc(Cl)c2)sc1CNC(C)C. The number of hydrogen-bond acceptors (Lipinski definition) is 3. The van der Waals surface area contributed by atoms with Gasteiger partial charge in [0.05, 0.1) is 5.69 Å². The minimum absolute atomic E-state index is 0.464. The average molecular weight is 343 g/mol. The van der Waals surface area contributed by atoms with Crippen LogP contribution in [0.4, 0.5) is 0 Å². The second-order valence-electron chi connectivity index (χ2n) is 5.33. The summed E-state index contributed by atoms with van der Waals surface area (Å²) >= 11 is 13.9. The Morgan fingerprint density at radius 1 is 1.19 bits per heavy atom. The van der Waals surface area contributed by atoms with Gasteiger partial charge in [0.1, 0.15) is 5.01 Å². The Hall–Kier alpha value is -0.610. The zero-order valence-corrected chi connectivity index (χ0v) is 14.9. The zero-order chi connectivity index (χ0) is 15.4. The van der Waals surface area contributed by atoms with Gasteiger partial charge in [0, 0.05) is 33.1 Å². The Morgan fingerprint density at radius 3 is 2.43 bits per heavy atom. The van der Waals surface area contributed by atoms with E-state index in [1.165, 1.54) is 10.6 Å². The Kier molecular flexibility index (Phi) is 6.06. The summed E-state index contributed by atoms with van der Waals surface area (Å²) in [5.41, 5.74) is 2.17. The molecular formula is C16H20Cl2N2S. The van der Waals surface area contributed by atoms with E-state index in [1.54, 1.807) is 17.4 Å². The van der Waals surface area contributed by atoms with E-state index in [1.807, 2.05) is 12.1 Å². The molecule has 2 rings (SSSR count). The Morgan fingerprint density at radius 2 is 1.86 bits per heavy atom. The first-order chi connectivity index (χ1) is 9.99. The molecule has 0 unspecified atom stereocenters. The summed E-state index contributed by atoms with van der Waals surface area (Å²) in [6.45, 7) is 7.34. The van der Waals surface area contributed by atoms with E-state index in [-0.39, 0.29) is 0 Å². The standard InChI is InChI=1S/C16H20Cl2N2S/c1-4-5-14-15(9-19-10(2)3)21-16(20-14)11-6-12(17)8-13(18)7-11/h6-8,10,19H,4-5,9H2,1-3H3. The number of aryl methyl sites for hydroxylation is 1. The second kappa shape index (κ2) is 7.59. The number of halogens is 2. The number of nitrogens with one attached hydrogen (secondary N) is 1. The van der Waals surface area contributed by atoms with E-state index in [0.29, 0.717) is 16.1 Å². The molecule has 0 saturated heterocycles. The molecule has 0 fully saturated rings. The van der Waals surface area contributed by atoms with Crippen molar-refractivity contribution in [1.82, 2.24) is 10.3 Å². The highest BCUT2D eigenvalue weighted by atomic mass is 35.5. The van der Waals surface area contributed by atoms with Gasteiger partial charge < -0.3 is 5.32 Å². The zero-order valence-electron chi connectivity index (χ0n) is 12.5. The Labute approximate surface area is 140 Å². The summed E-state index contributed by atoms with van der Waals surface area (Å²) < 4.78 is 0. The molecule has 0 aliphatic heterocycles. The van der Waals surface area contributed by atoms with Gasteiger partial charge in [-0.15, -0.1) is 11.3 Å². The Bertz CT molecular complexity index is 588. The molecule has 0 aliphatic rings. The van der Waals surface area contributed by atoms with Crippen LogP contribution in [0.3, 0.4) is 0 Å². The third kappa shape index (κ3) is 4.68. The predicted molar refractivity (Wildman–Crippen MR) is 93.5 cm³/mol. The molecule has 0 saturated carbocycles. The molecule has 0 atom stereocenters. The third-order valence-electron chi connectivity index (χ3n) is 3.05. The normalized spacial score (nSPS) is 11.3. The van der Waals surface area contributed by atoms with E-state index in [4.69, 9.17) is 28.2 Å². The summed E-state index contributed by atoms with van der Waals surface area (Å²) in [6, 6.07) is 6.04. The number of thiazole rings is 1. The molecule has 0 amide bonds. The molecule has 1 heterocycles. The lowest BCUT2D eigenvalue weighted by Crippen LogP contribution is -2.21. The molecule has 2 aromatic rings. The second-order valence-corrected chi connectivity index (χ2v) is 7.29. The monoisotopic (exact) mass is 342 g/mol. The fourth-order valence-corrected chi connectivity index (χ4v) is 3.62. The lowest BCUT2D eigenvalue weighted by molar-refractivity contribution is 0.589. The van der Waals surface area contributed by atoms with Crippen molar-refractivity contribution in [2.24, 2.45) is 0 Å². The minimum Gasteiger partial charge on any atom is -0.310 e. The first-order valence-electron chi connectivity index (χ1n) is 7.18. The Balaban J connectivity index is 2.33. The van der Waals surface area contributed by atoms with Gasteiger partial charge in [-0.2, -0.15) is 0 Å². The fraction of sp³-hybridized carbons (Fsp3) is 0.438. The molecule has 21 heavy (non-hydrogen) atoms. The van der Waals surface area contributed by atoms with Gasteiger partial charge in [0.15, 0.2) is 0 Å². The maximum absolute atomic E-state index is 6.09. The molecule has 1 aromatic heterocycles. The van der Waals surface area contributed by atoms with Crippen LogP contribution < -0.4 is 5.32 Å². The quantitative estimate of drug-likeness (QED) is 0.742. The molecule has 1 aromatic carbocycles. The number of benzene rings is 1. The van der Waals surface area contributed by atoms with E-state index < -0.39 is 0 Å². The lowest BCUT2D eigenvalue weighted by atomic mass is 10.2. The maximum Gasteiger partial charge on any atom is 0.124 e. The highest BCUT2D eigenvalue weighted by Gasteiger charge is 2.13. The molecule has 114 valence electrons. The van der Waals surface area contributed by atoms with Gasteiger partial charge in [0.2, 0.25) is 0 Å². The van der Waals surface area contributed by atoms with Crippen molar-refractivity contribution in [3.8, 4) is 10.6 Å². The van der Waals surface area contributed by atoms with Gasteiger partial charge in [-0.05, 0) is 24.6 Å². The van der Waals surface area contributed by atoms with E-state index in [2.05, 4.69) is 26.1 Å². The van der Waals surface area contributed by atoms with Gasteiger partial charge in [-0.3, -0.25) is 0 Å². The first-order valence-corrected chi connectivity index (χ1v) is 8.75. The van der Waals surface area contributed by atoms with Crippen LogP contribution in [0.5, 0.6) is 0 Å². The van der Waals surface area contributed by atoms with Crippen molar-refractivity contribution in [2.75, 3.05) is 0 Å². The van der Waals surface area contributed by atoms with Gasteiger partial charge in [-0.25, -0.2) is 4.98 Å². The maximum atomic E-state index is 6.09. The van der Waals surface area contributed by atoms with E-state index >= 15 is 0 Å². The van der Waals surface area contributed by atoms with Crippen LogP contribution in [0.1, 0.15) is 37.8 Å². The highest BCUT2D eigenvalue weighted by molar-refractivity contribution is 7.15. The summed E-state index contributed by atoms with van der Waals surface area (Å²) in [7, 11) is 0. The molecular weight excluding hydrogens is 323 g/mol. The molecule has 5 heteroatoms. The number of rotatable bonds is 6. The van der Waals surface area contributed by atoms with Crippen molar-refractivity contribution in [2.45, 2.75) is 46.2 Å². The fourth-order valence-electron chi connectivity index (χ4n) is 2.05. The van der Waals surface area contributed by atoms with Crippen LogP contribution in [-0.4, -0.2) is 11.0 Å². The van der Waals surface area contributed by atoms with Crippen molar-refractivity contribution < 1.29 is 0 Å². The summed E-state index contributed by atoms with van der Waals surface area (Å²) in [5, 5.41) is 5.75. The third-order valence-corrected chi connectivity index (χ3v) is 4.63. The smallest absolute Gasteiger partial charge is 0.124 e. The van der Waals surface area contributed by atoms with Crippen molar-refractivity contribution in [1.29, 1.82) is 0 Å². The van der Waals surface area contributed by atoms with Gasteiger partial charge in [0.25, 0.3) is 0 Å². The highest BCUT2D eigenvalue weighted by Crippen LogP contribution is 2.32. The molecule has 0 aliphatic carbocycles. The van der Waals surface area contributed by atoms with Crippen LogP contribution in [0.2, 0.25) is 10.0 Å². The van der Waals surface area contributed by atoms with Crippen molar-refractivity contribution >= 4 is 34.5 Å². The molecule has 1 N–H and O–H groups in total. The minimum atomic E-state index is 0.464. The van der Waals surface area contributed by atoms with E-state index in [0.717, 1.165) is 30.0 Å². The van der Waals surface area contributed by atoms with Crippen LogP contribution >= 0.6 is 34.5 Å². The summed E-state index contributed by atoms with van der Waals surface area (Å²) in [6.07, 6.45) is 2.09. The van der Waals surface area contributed by atoms with E-state index in [9.17, 15) is 0 Å². The molecule has 0 bridgehead atoms. The number of hydrogen-bond donors (Lipinski definition) is 1. The van der Waals surface area contributed by atoms with Crippen LogP contribution in [-0.2, 0) is 13.0 Å². The molecule has 0 radical (unpaired) electrons. The topological polar surface area (TPSA) is 24.9 Å². The molecule has 2 nitrogen and oxygen atoms in total. The van der Waals surface area contributed by atoms with Crippen LogP contribution in [0.15, 0.2) is 18.2 Å². The average Bonchev–Trinajstić information content (AvgIpc) is 2.79. The van der Waals surface area contributed by atoms with Gasteiger partial charge in [-0.1, -0.05) is 50.4 Å². The molecule has 0 spiro atoms. The number of aromatic nitrogens is 1. The van der Waals surface area contributed by atoms with Crippen LogP contribution in [0.25, 0.3) is 10.6 Å². The largest absolute Gasteiger partial charge is 0.310 e. The first kappa shape index (κ1) is 16.8. The van der Waals surface area contributed by atoms with Gasteiger partial charge >= 0.3 is 0 Å². The number of nitrogens with zero attached hydrogens (tertiary/aromatic N) is 1.